The number of aliphatic hydroxyl groups is 1. The molecule has 7 nitrogen and oxygen atoms in total. The van der Waals surface area contributed by atoms with Crippen molar-refractivity contribution >= 4 is 22.4 Å². The third-order valence-corrected chi connectivity index (χ3v) is 6.62. The third kappa shape index (κ3) is 5.14. The van der Waals surface area contributed by atoms with Crippen molar-refractivity contribution in [2.75, 3.05) is 11.9 Å². The number of unbranched alkanes of at least 4 members (excludes halogenated alkanes) is 2. The highest BCUT2D eigenvalue weighted by Gasteiger charge is 2.42. The average Bonchev–Trinajstić information content (AvgIpc) is 3.33. The van der Waals surface area contributed by atoms with Crippen LogP contribution in [-0.4, -0.2) is 28.4 Å². The van der Waals surface area contributed by atoms with Crippen LogP contribution in [0.25, 0.3) is 10.8 Å². The van der Waals surface area contributed by atoms with Crippen LogP contribution in [0.5, 0.6) is 5.75 Å². The molecule has 0 spiro atoms. The van der Waals surface area contributed by atoms with Crippen molar-refractivity contribution in [1.82, 2.24) is 5.16 Å². The van der Waals surface area contributed by atoms with Gasteiger partial charge in [-0.3, -0.25) is 4.79 Å². The summed E-state index contributed by atoms with van der Waals surface area (Å²) in [6, 6.07) is 10.8. The molecule has 7 heteroatoms. The van der Waals surface area contributed by atoms with Gasteiger partial charge < -0.3 is 19.7 Å². The summed E-state index contributed by atoms with van der Waals surface area (Å²) in [6.45, 7) is 8.38. The zero-order chi connectivity index (χ0) is 25.9. The van der Waals surface area contributed by atoms with Crippen molar-refractivity contribution in [3.05, 3.63) is 63.6 Å². The van der Waals surface area contributed by atoms with Gasteiger partial charge >= 0.3 is 5.63 Å². The number of ether oxygens (including phenoxy) is 1. The number of nitrogens with zero attached hydrogens (tertiary/aromatic N) is 1. The van der Waals surface area contributed by atoms with E-state index in [0.29, 0.717) is 35.2 Å². The lowest BCUT2D eigenvalue weighted by Crippen LogP contribution is -2.46. The zero-order valence-electron chi connectivity index (χ0n) is 21.2. The normalized spacial score (nSPS) is 14.4. The highest BCUT2D eigenvalue weighted by molar-refractivity contribution is 6.01. The van der Waals surface area contributed by atoms with E-state index < -0.39 is 22.5 Å². The number of nitrogens with one attached hydrogen (secondary N) is 1. The van der Waals surface area contributed by atoms with Crippen LogP contribution in [0.2, 0.25) is 0 Å². The number of aromatic nitrogens is 1. The van der Waals surface area contributed by atoms with Crippen LogP contribution < -0.4 is 15.7 Å². The number of carbonyl (C=O) groups is 1. The molecule has 0 saturated heterocycles. The zero-order valence-corrected chi connectivity index (χ0v) is 21.2. The molecule has 0 aliphatic carbocycles. The van der Waals surface area contributed by atoms with Crippen LogP contribution in [0.1, 0.15) is 63.3 Å². The van der Waals surface area contributed by atoms with Crippen LogP contribution in [-0.2, 0) is 16.6 Å². The summed E-state index contributed by atoms with van der Waals surface area (Å²) in [4.78, 5) is 25.5. The number of rotatable bonds is 7. The Balaban J connectivity index is 1.67. The molecular formula is C29H32N2O5. The molecule has 36 heavy (non-hydrogen) atoms. The number of amides is 1. The van der Waals surface area contributed by atoms with Crippen molar-refractivity contribution < 1.29 is 19.2 Å². The Labute approximate surface area is 210 Å². The summed E-state index contributed by atoms with van der Waals surface area (Å²) < 4.78 is 10.7. The van der Waals surface area contributed by atoms with Gasteiger partial charge in [-0.1, -0.05) is 62.4 Å². The van der Waals surface area contributed by atoms with Gasteiger partial charge in [-0.25, -0.2) is 4.79 Å². The number of para-hydroxylation sites is 1. The number of fused-ring (bicyclic) bond motifs is 2. The molecule has 2 heterocycles. The van der Waals surface area contributed by atoms with Gasteiger partial charge in [0.1, 0.15) is 5.75 Å². The number of hydrogen-bond acceptors (Lipinski definition) is 6. The maximum atomic E-state index is 13.5. The van der Waals surface area contributed by atoms with E-state index in [1.54, 1.807) is 25.1 Å². The van der Waals surface area contributed by atoms with E-state index in [1.165, 1.54) is 0 Å². The summed E-state index contributed by atoms with van der Waals surface area (Å²) in [6.07, 6.45) is 3.36. The van der Waals surface area contributed by atoms with Gasteiger partial charge in [-0.15, -0.1) is 0 Å². The molecule has 188 valence electrons. The second-order valence-electron chi connectivity index (χ2n) is 9.99. The minimum atomic E-state index is -1.95. The molecule has 4 rings (SSSR count). The predicted molar refractivity (Wildman–Crippen MR) is 139 cm³/mol. The van der Waals surface area contributed by atoms with Gasteiger partial charge in [0, 0.05) is 35.9 Å². The average molecular weight is 489 g/mol. The SMILES string of the molecule is CCCCC#CC(O)(CC(C)(C)c1cccc2c1OCC2)C(=O)Nc1ccc2c(=O)onc(C)c2c1. The van der Waals surface area contributed by atoms with Crippen molar-refractivity contribution in [3.63, 3.8) is 0 Å². The fourth-order valence-corrected chi connectivity index (χ4v) is 4.68. The first-order valence-corrected chi connectivity index (χ1v) is 12.3. The highest BCUT2D eigenvalue weighted by atomic mass is 16.5. The standard InChI is InChI=1S/C29H32N2O5/c1-5-6-7-8-15-29(34,18-28(3,4)24-11-9-10-20-14-16-35-25(20)24)27(33)30-21-12-13-22-23(17-21)19(2)31-36-26(22)32/h9-13,17,34H,5-7,14,16,18H2,1-4H3,(H,30,33). The molecule has 3 aromatic rings. The molecule has 2 aromatic carbocycles. The Kier molecular flexibility index (Phi) is 7.18. The Morgan fingerprint density at radius 2 is 2.03 bits per heavy atom. The van der Waals surface area contributed by atoms with E-state index in [-0.39, 0.29) is 6.42 Å². The fraction of sp³-hybridized carbons (Fsp3) is 0.414. The van der Waals surface area contributed by atoms with Gasteiger partial charge in [-0.2, -0.15) is 0 Å². The fourth-order valence-electron chi connectivity index (χ4n) is 4.68. The first-order valence-electron chi connectivity index (χ1n) is 12.3. The molecule has 0 fully saturated rings. The molecule has 0 bridgehead atoms. The predicted octanol–water partition coefficient (Wildman–Crippen LogP) is 4.66. The highest BCUT2D eigenvalue weighted by Crippen LogP contribution is 2.41. The van der Waals surface area contributed by atoms with E-state index >= 15 is 0 Å². The Hall–Kier alpha value is -3.63. The van der Waals surface area contributed by atoms with E-state index in [9.17, 15) is 14.7 Å². The maximum absolute atomic E-state index is 13.5. The lowest BCUT2D eigenvalue weighted by Gasteiger charge is -2.33. The van der Waals surface area contributed by atoms with Crippen molar-refractivity contribution in [2.24, 2.45) is 0 Å². The molecule has 1 amide bonds. The summed E-state index contributed by atoms with van der Waals surface area (Å²) in [5, 5.41) is 19.2. The van der Waals surface area contributed by atoms with Crippen LogP contribution >= 0.6 is 0 Å². The molecular weight excluding hydrogens is 456 g/mol. The van der Waals surface area contributed by atoms with E-state index in [2.05, 4.69) is 29.2 Å². The molecule has 1 unspecified atom stereocenters. The molecule has 1 atom stereocenters. The van der Waals surface area contributed by atoms with Crippen molar-refractivity contribution in [1.29, 1.82) is 0 Å². The van der Waals surface area contributed by atoms with Crippen molar-refractivity contribution in [3.8, 4) is 17.6 Å². The number of benzene rings is 2. The summed E-state index contributed by atoms with van der Waals surface area (Å²) in [7, 11) is 0. The molecule has 0 saturated carbocycles. The molecule has 1 aromatic heterocycles. The van der Waals surface area contributed by atoms with E-state index in [0.717, 1.165) is 36.1 Å². The van der Waals surface area contributed by atoms with Gasteiger partial charge in [0.25, 0.3) is 5.91 Å². The lowest BCUT2D eigenvalue weighted by atomic mass is 9.74. The van der Waals surface area contributed by atoms with Crippen LogP contribution in [0, 0.1) is 18.8 Å². The largest absolute Gasteiger partial charge is 0.493 e. The number of carbonyl (C=O) groups excluding carboxylic acids is 1. The quantitative estimate of drug-likeness (QED) is 0.370. The molecule has 2 N–H and O–H groups in total. The van der Waals surface area contributed by atoms with Gasteiger partial charge in [0.2, 0.25) is 5.60 Å². The molecule has 1 aliphatic heterocycles. The second-order valence-corrected chi connectivity index (χ2v) is 9.99. The van der Waals surface area contributed by atoms with Crippen LogP contribution in [0.4, 0.5) is 5.69 Å². The smallest absolute Gasteiger partial charge is 0.366 e. The minimum absolute atomic E-state index is 0.0719. The van der Waals surface area contributed by atoms with Crippen LogP contribution in [0.3, 0.4) is 0 Å². The third-order valence-electron chi connectivity index (χ3n) is 6.62. The van der Waals surface area contributed by atoms with Crippen molar-refractivity contribution in [2.45, 2.75) is 70.8 Å². The Bertz CT molecular complexity index is 1410. The molecule has 0 radical (unpaired) electrons. The van der Waals surface area contributed by atoms with Gasteiger partial charge in [0.15, 0.2) is 0 Å². The monoisotopic (exact) mass is 488 g/mol. The first-order chi connectivity index (χ1) is 17.1. The topological polar surface area (TPSA) is 102 Å². The van der Waals surface area contributed by atoms with Crippen LogP contribution in [0.15, 0.2) is 45.7 Å². The summed E-state index contributed by atoms with van der Waals surface area (Å²) in [5.41, 5.74) is -0.0786. The lowest BCUT2D eigenvalue weighted by molar-refractivity contribution is -0.130. The summed E-state index contributed by atoms with van der Waals surface area (Å²) in [5.74, 6) is 6.10. The number of anilines is 1. The molecule has 1 aliphatic rings. The second kappa shape index (κ2) is 10.2. The Morgan fingerprint density at radius 1 is 1.22 bits per heavy atom. The summed E-state index contributed by atoms with van der Waals surface area (Å²) >= 11 is 0. The number of aryl methyl sites for hydroxylation is 1. The minimum Gasteiger partial charge on any atom is -0.493 e. The van der Waals surface area contributed by atoms with Gasteiger partial charge in [0.05, 0.1) is 17.7 Å². The maximum Gasteiger partial charge on any atom is 0.366 e. The number of hydrogen-bond donors (Lipinski definition) is 2. The van der Waals surface area contributed by atoms with E-state index in [4.69, 9.17) is 9.26 Å². The Morgan fingerprint density at radius 3 is 2.81 bits per heavy atom. The van der Waals surface area contributed by atoms with Gasteiger partial charge in [-0.05, 0) is 42.5 Å². The van der Waals surface area contributed by atoms with E-state index in [1.807, 2.05) is 32.0 Å². The first kappa shape index (κ1) is 25.5.